The minimum Gasteiger partial charge on any atom is -0.493 e. The average molecular weight is 894 g/mol. The molecular weight excluding hydrogens is 847 g/mol. The number of anilines is 3. The molecule has 8 rings (SSSR count). The topological polar surface area (TPSA) is 213 Å². The fourth-order valence-electron chi connectivity index (χ4n) is 8.06. The normalized spacial score (nSPS) is 18.3. The highest BCUT2D eigenvalue weighted by Crippen LogP contribution is 2.42. The van der Waals surface area contributed by atoms with Crippen LogP contribution in [0.25, 0.3) is 10.2 Å². The van der Waals surface area contributed by atoms with Crippen molar-refractivity contribution in [3.05, 3.63) is 102 Å². The van der Waals surface area contributed by atoms with Gasteiger partial charge in [0.1, 0.15) is 13.2 Å². The van der Waals surface area contributed by atoms with Gasteiger partial charge in [0.2, 0.25) is 11.7 Å². The molecule has 3 aliphatic heterocycles. The summed E-state index contributed by atoms with van der Waals surface area (Å²) >= 11 is 1.19. The third-order valence-electron chi connectivity index (χ3n) is 11.1. The number of fused-ring (bicyclic) bond motifs is 3. The number of carboxylic acid groups (broad SMARTS) is 1. The Morgan fingerprint density at radius 2 is 1.83 bits per heavy atom. The van der Waals surface area contributed by atoms with Crippen LogP contribution in [-0.2, 0) is 39.1 Å². The smallest absolute Gasteiger partial charge is 0.416 e. The Balaban J connectivity index is 0.968. The van der Waals surface area contributed by atoms with Crippen LogP contribution in [0.4, 0.5) is 21.4 Å². The second-order valence-corrected chi connectivity index (χ2v) is 16.5. The molecule has 0 bridgehead atoms. The molecule has 0 spiro atoms. The molecule has 2 fully saturated rings. The summed E-state index contributed by atoms with van der Waals surface area (Å²) in [4.78, 5) is 77.9. The Morgan fingerprint density at radius 3 is 2.61 bits per heavy atom. The summed E-state index contributed by atoms with van der Waals surface area (Å²) in [7, 11) is 3.09. The van der Waals surface area contributed by atoms with Gasteiger partial charge >= 0.3 is 12.1 Å². The van der Waals surface area contributed by atoms with Gasteiger partial charge in [-0.25, -0.2) is 24.5 Å². The monoisotopic (exact) mass is 893 g/mol. The Morgan fingerprint density at radius 1 is 1.00 bits per heavy atom. The molecular formula is C45H47N7O11S. The standard InChI is InChI=1S/C45H47N7O11S/c1-4-17-61-45(58)52-32-23-34(33(59-3)22-29(32)41(55)51-16-7-5-12-31(51)42(52)63-38-13-6-8-18-60-38)62-25-27-11-9-10-26(19-27)20-37(53)47-36-24-50(2)39(48-36)40(54)49-44-46-30-21-28(43(56)57)14-15-35(30)64-44/h4,9-11,14-15,19,21-24,31,38,42H,1,5-8,12-13,16-18,20,25H2,2-3H3,(H,47,53)(H,56,57)(H,46,49,54)/t31-,38?,42-/m0/s1. The first-order valence-electron chi connectivity index (χ1n) is 20.9. The number of aromatic carboxylic acids is 1. The Bertz CT molecular complexity index is 2600. The van der Waals surface area contributed by atoms with Gasteiger partial charge in [-0.15, -0.1) is 0 Å². The first-order chi connectivity index (χ1) is 31.0. The number of carboxylic acids is 1. The summed E-state index contributed by atoms with van der Waals surface area (Å²) in [5.41, 5.74) is 2.40. The predicted octanol–water partition coefficient (Wildman–Crippen LogP) is 6.76. The number of imidazole rings is 1. The number of carbonyl (C=O) groups excluding carboxylic acids is 4. The number of methoxy groups -OCH3 is 1. The van der Waals surface area contributed by atoms with E-state index in [-0.39, 0.29) is 76.5 Å². The minimum absolute atomic E-state index is 0.0199. The van der Waals surface area contributed by atoms with Gasteiger partial charge in [0.25, 0.3) is 11.8 Å². The summed E-state index contributed by atoms with van der Waals surface area (Å²) in [5, 5.41) is 15.0. The fraction of sp³-hybridized carbons (Fsp3) is 0.356. The number of nitrogens with one attached hydrogen (secondary N) is 2. The number of hydrogen-bond acceptors (Lipinski definition) is 13. The van der Waals surface area contributed by atoms with E-state index in [2.05, 4.69) is 27.2 Å². The van der Waals surface area contributed by atoms with Gasteiger partial charge in [-0.2, -0.15) is 0 Å². The molecule has 18 nitrogen and oxygen atoms in total. The molecule has 5 aromatic rings. The molecule has 0 saturated carbocycles. The number of aromatic nitrogens is 3. The second-order valence-electron chi connectivity index (χ2n) is 15.5. The number of hydrogen-bond donors (Lipinski definition) is 3. The van der Waals surface area contributed by atoms with Crippen molar-refractivity contribution >= 4 is 68.0 Å². The maximum Gasteiger partial charge on any atom is 0.416 e. The quantitative estimate of drug-likeness (QED) is 0.0985. The second kappa shape index (κ2) is 19.3. The molecule has 19 heteroatoms. The highest BCUT2D eigenvalue weighted by atomic mass is 32.1. The lowest BCUT2D eigenvalue weighted by Gasteiger charge is -2.42. The number of nitrogens with zero attached hydrogens (tertiary/aromatic N) is 5. The zero-order valence-electron chi connectivity index (χ0n) is 35.2. The Kier molecular flexibility index (Phi) is 13.2. The van der Waals surface area contributed by atoms with Crippen molar-refractivity contribution in [1.29, 1.82) is 0 Å². The van der Waals surface area contributed by atoms with Crippen molar-refractivity contribution in [2.75, 3.05) is 42.4 Å². The number of piperidine rings is 1. The lowest BCUT2D eigenvalue weighted by molar-refractivity contribution is -0.198. The van der Waals surface area contributed by atoms with Crippen LogP contribution in [0, 0.1) is 0 Å². The van der Waals surface area contributed by atoms with E-state index in [1.165, 1.54) is 52.3 Å². The highest BCUT2D eigenvalue weighted by molar-refractivity contribution is 7.22. The average Bonchev–Trinajstić information content (AvgIpc) is 3.86. The van der Waals surface area contributed by atoms with Crippen molar-refractivity contribution in [3.63, 3.8) is 0 Å². The van der Waals surface area contributed by atoms with E-state index in [4.69, 9.17) is 23.7 Å². The molecule has 3 N–H and O–H groups in total. The van der Waals surface area contributed by atoms with Crippen molar-refractivity contribution in [1.82, 2.24) is 19.4 Å². The Labute approximate surface area is 371 Å². The van der Waals surface area contributed by atoms with Gasteiger partial charge in [-0.3, -0.25) is 19.7 Å². The molecule has 5 heterocycles. The number of carbonyl (C=O) groups is 5. The molecule has 3 atom stereocenters. The number of benzene rings is 3. The third kappa shape index (κ3) is 9.55. The largest absolute Gasteiger partial charge is 0.493 e. The van der Waals surface area contributed by atoms with Crippen LogP contribution in [0.2, 0.25) is 0 Å². The van der Waals surface area contributed by atoms with Crippen molar-refractivity contribution in [3.8, 4) is 11.5 Å². The van der Waals surface area contributed by atoms with Gasteiger partial charge in [-0.1, -0.05) is 48.3 Å². The molecule has 4 amide bonds. The van der Waals surface area contributed by atoms with Crippen LogP contribution in [0.1, 0.15) is 81.0 Å². The van der Waals surface area contributed by atoms with E-state index in [1.54, 1.807) is 42.3 Å². The summed E-state index contributed by atoms with van der Waals surface area (Å²) in [6.07, 6.45) is 5.51. The maximum atomic E-state index is 14.3. The van der Waals surface area contributed by atoms with E-state index in [9.17, 15) is 29.1 Å². The summed E-state index contributed by atoms with van der Waals surface area (Å²) in [6.45, 7) is 4.70. The van der Waals surface area contributed by atoms with Crippen molar-refractivity contribution < 1.29 is 52.8 Å². The Hall–Kier alpha value is -6.83. The van der Waals surface area contributed by atoms with E-state index in [1.807, 2.05) is 12.1 Å². The van der Waals surface area contributed by atoms with E-state index in [0.29, 0.717) is 41.8 Å². The van der Waals surface area contributed by atoms with Crippen LogP contribution in [-0.4, -0.2) is 99.8 Å². The van der Waals surface area contributed by atoms with Gasteiger partial charge in [0.15, 0.2) is 35.0 Å². The van der Waals surface area contributed by atoms with Crippen LogP contribution >= 0.6 is 11.3 Å². The first-order valence-corrected chi connectivity index (χ1v) is 21.7. The minimum atomic E-state index is -1.08. The van der Waals surface area contributed by atoms with E-state index in [0.717, 1.165) is 31.2 Å². The van der Waals surface area contributed by atoms with E-state index >= 15 is 0 Å². The fourth-order valence-corrected chi connectivity index (χ4v) is 8.90. The maximum absolute atomic E-state index is 14.3. The molecule has 2 saturated heterocycles. The molecule has 0 aliphatic carbocycles. The highest BCUT2D eigenvalue weighted by Gasteiger charge is 2.47. The molecule has 0 radical (unpaired) electrons. The van der Waals surface area contributed by atoms with E-state index < -0.39 is 36.5 Å². The van der Waals surface area contributed by atoms with Crippen molar-refractivity contribution in [2.45, 2.75) is 70.1 Å². The van der Waals surface area contributed by atoms with Crippen LogP contribution < -0.4 is 25.0 Å². The first kappa shape index (κ1) is 43.8. The lowest BCUT2D eigenvalue weighted by atomic mass is 10.00. The van der Waals surface area contributed by atoms with Gasteiger partial charge in [0.05, 0.1) is 46.6 Å². The lowest BCUT2D eigenvalue weighted by Crippen LogP contribution is -2.57. The molecule has 3 aromatic carbocycles. The number of amides is 4. The SMILES string of the molecule is C=CCOC(=O)N1c2cc(OCc3cccc(CC(=O)Nc4cn(C)c(C(=O)Nc5nc6cc(C(=O)O)ccc6s5)n4)c3)c(OC)cc2C(=O)N2CCCC[C@H]2[C@@H]1OC1CCCCO1. The third-order valence-corrected chi connectivity index (χ3v) is 12.0. The molecule has 334 valence electrons. The van der Waals surface area contributed by atoms with Gasteiger partial charge in [-0.05, 0) is 73.9 Å². The number of aryl methyl sites for hydroxylation is 1. The molecule has 3 aliphatic rings. The zero-order chi connectivity index (χ0) is 44.9. The number of thiazole rings is 1. The molecule has 1 unspecified atom stereocenters. The number of rotatable bonds is 14. The van der Waals surface area contributed by atoms with Crippen LogP contribution in [0.3, 0.4) is 0 Å². The molecule has 64 heavy (non-hydrogen) atoms. The summed E-state index contributed by atoms with van der Waals surface area (Å²) in [6, 6.07) is 14.5. The van der Waals surface area contributed by atoms with Crippen LogP contribution in [0.15, 0.2) is 73.4 Å². The van der Waals surface area contributed by atoms with Gasteiger partial charge < -0.3 is 43.6 Å². The number of ether oxygens (including phenoxy) is 5. The summed E-state index contributed by atoms with van der Waals surface area (Å²) < 4.78 is 32.4. The van der Waals surface area contributed by atoms with Crippen molar-refractivity contribution in [2.24, 2.45) is 7.05 Å². The van der Waals surface area contributed by atoms with Gasteiger partial charge in [0, 0.05) is 32.5 Å². The summed E-state index contributed by atoms with van der Waals surface area (Å²) in [5.74, 6) is -1.56. The molecule has 2 aromatic heterocycles. The predicted molar refractivity (Wildman–Crippen MR) is 235 cm³/mol. The zero-order valence-corrected chi connectivity index (χ0v) is 36.1. The van der Waals surface area contributed by atoms with Crippen LogP contribution in [0.5, 0.6) is 11.5 Å².